The number of nitriles is 2. The highest BCUT2D eigenvalue weighted by Crippen LogP contribution is 2.36. The van der Waals surface area contributed by atoms with Gasteiger partial charge in [-0.15, -0.1) is 5.73 Å². The van der Waals surface area contributed by atoms with Gasteiger partial charge in [0.05, 0.1) is 17.9 Å². The summed E-state index contributed by atoms with van der Waals surface area (Å²) in [6.07, 6.45) is 12.2. The van der Waals surface area contributed by atoms with Gasteiger partial charge < -0.3 is 9.64 Å². The van der Waals surface area contributed by atoms with E-state index in [1.54, 1.807) is 6.08 Å². The van der Waals surface area contributed by atoms with E-state index >= 15 is 0 Å². The Balaban J connectivity index is 1.59. The summed E-state index contributed by atoms with van der Waals surface area (Å²) < 4.78 is 5.71. The molecule has 140 valence electrons. The molecule has 1 unspecified atom stereocenters. The summed E-state index contributed by atoms with van der Waals surface area (Å²) in [5.74, 6) is 0.371. The Bertz CT molecular complexity index is 951. The predicted molar refractivity (Wildman–Crippen MR) is 109 cm³/mol. The molecule has 4 rings (SSSR count). The molecule has 0 aromatic heterocycles. The summed E-state index contributed by atoms with van der Waals surface area (Å²) in [6, 6.07) is 8.65. The molecule has 3 aliphatic rings. The van der Waals surface area contributed by atoms with Crippen molar-refractivity contribution in [3.63, 3.8) is 0 Å². The summed E-state index contributed by atoms with van der Waals surface area (Å²) in [7, 11) is 0. The first kappa shape index (κ1) is 18.2. The molecule has 0 radical (unpaired) electrons. The molecule has 0 bridgehead atoms. The fourth-order valence-corrected chi connectivity index (χ4v) is 4.37. The standard InChI is InChI=1S/C24H23N3O/c1-17-11-21(22(15-25)16-26)14-23(28-17)8-2-5-18-12-19-6-3-9-27-10-4-7-20(13-18)24(19)27/h5,8,11-14,21-22H,3-4,6-7,9-10H2,1H3. The zero-order valence-corrected chi connectivity index (χ0v) is 16.1. The summed E-state index contributed by atoms with van der Waals surface area (Å²) in [5.41, 5.74) is 8.77. The van der Waals surface area contributed by atoms with Crippen LogP contribution in [0.1, 0.15) is 36.5 Å². The maximum Gasteiger partial charge on any atom is 0.143 e. The molecule has 3 aliphatic heterocycles. The molecule has 0 aliphatic carbocycles. The van der Waals surface area contributed by atoms with Crippen molar-refractivity contribution in [1.82, 2.24) is 0 Å². The van der Waals surface area contributed by atoms with Gasteiger partial charge in [0.2, 0.25) is 0 Å². The van der Waals surface area contributed by atoms with E-state index in [2.05, 4.69) is 22.8 Å². The molecule has 4 heteroatoms. The average molecular weight is 369 g/mol. The molecule has 1 aromatic carbocycles. The monoisotopic (exact) mass is 369 g/mol. The van der Waals surface area contributed by atoms with Crippen molar-refractivity contribution in [3.8, 4) is 12.1 Å². The van der Waals surface area contributed by atoms with Crippen molar-refractivity contribution in [2.45, 2.75) is 32.6 Å². The molecule has 1 aromatic rings. The molecule has 3 heterocycles. The van der Waals surface area contributed by atoms with Gasteiger partial charge in [-0.05, 0) is 79.7 Å². The Kier molecular flexibility index (Phi) is 5.07. The minimum atomic E-state index is -0.706. The topological polar surface area (TPSA) is 60.0 Å². The number of rotatable bonds is 3. The smallest absolute Gasteiger partial charge is 0.143 e. The van der Waals surface area contributed by atoms with Crippen LogP contribution in [0.5, 0.6) is 0 Å². The van der Waals surface area contributed by atoms with E-state index in [0.29, 0.717) is 11.5 Å². The van der Waals surface area contributed by atoms with Crippen LogP contribution in [-0.2, 0) is 17.6 Å². The molecule has 0 fully saturated rings. The summed E-state index contributed by atoms with van der Waals surface area (Å²) >= 11 is 0. The van der Waals surface area contributed by atoms with Gasteiger partial charge in [0.15, 0.2) is 0 Å². The minimum Gasteiger partial charge on any atom is -0.462 e. The van der Waals surface area contributed by atoms with E-state index in [1.807, 2.05) is 37.3 Å². The fourth-order valence-electron chi connectivity index (χ4n) is 4.37. The van der Waals surface area contributed by atoms with Gasteiger partial charge in [-0.1, -0.05) is 0 Å². The Morgan fingerprint density at radius 1 is 1.07 bits per heavy atom. The van der Waals surface area contributed by atoms with E-state index in [1.165, 1.54) is 48.3 Å². The zero-order chi connectivity index (χ0) is 19.5. The van der Waals surface area contributed by atoms with Crippen molar-refractivity contribution in [2.24, 2.45) is 11.8 Å². The second-order valence-corrected chi connectivity index (χ2v) is 7.60. The normalized spacial score (nSPS) is 19.9. The first-order valence-electron chi connectivity index (χ1n) is 9.88. The van der Waals surface area contributed by atoms with Gasteiger partial charge in [0.1, 0.15) is 11.7 Å². The Hall–Kier alpha value is -3.20. The van der Waals surface area contributed by atoms with Gasteiger partial charge >= 0.3 is 0 Å². The van der Waals surface area contributed by atoms with Gasteiger partial charge in [-0.2, -0.15) is 10.5 Å². The van der Waals surface area contributed by atoms with Gasteiger partial charge in [-0.25, -0.2) is 0 Å². The Morgan fingerprint density at radius 3 is 2.39 bits per heavy atom. The highest BCUT2D eigenvalue weighted by molar-refractivity contribution is 5.67. The van der Waals surface area contributed by atoms with Crippen LogP contribution in [0.2, 0.25) is 0 Å². The van der Waals surface area contributed by atoms with Crippen molar-refractivity contribution >= 4 is 11.8 Å². The lowest BCUT2D eigenvalue weighted by Crippen LogP contribution is -2.34. The lowest BCUT2D eigenvalue weighted by molar-refractivity contribution is 0.302. The maximum absolute atomic E-state index is 9.14. The molecule has 4 nitrogen and oxygen atoms in total. The predicted octanol–water partition coefficient (Wildman–Crippen LogP) is 4.65. The number of nitrogens with zero attached hydrogens (tertiary/aromatic N) is 3. The lowest BCUT2D eigenvalue weighted by Gasteiger charge is -2.37. The number of benzene rings is 1. The Morgan fingerprint density at radius 2 is 1.75 bits per heavy atom. The van der Waals surface area contributed by atoms with E-state index < -0.39 is 5.92 Å². The summed E-state index contributed by atoms with van der Waals surface area (Å²) in [4.78, 5) is 2.54. The molecular formula is C24H23N3O. The van der Waals surface area contributed by atoms with Crippen LogP contribution in [-0.4, -0.2) is 13.1 Å². The molecule has 0 saturated carbocycles. The third-order valence-electron chi connectivity index (χ3n) is 5.56. The molecular weight excluding hydrogens is 346 g/mol. The van der Waals surface area contributed by atoms with Crippen LogP contribution in [0.4, 0.5) is 5.69 Å². The van der Waals surface area contributed by atoms with E-state index in [4.69, 9.17) is 15.3 Å². The maximum atomic E-state index is 9.14. The number of aryl methyl sites for hydroxylation is 2. The molecule has 0 amide bonds. The first-order valence-corrected chi connectivity index (χ1v) is 9.88. The second kappa shape index (κ2) is 7.81. The number of allylic oxidation sites excluding steroid dienone is 4. The second-order valence-electron chi connectivity index (χ2n) is 7.60. The van der Waals surface area contributed by atoms with Crippen LogP contribution in [0.15, 0.2) is 47.6 Å². The third kappa shape index (κ3) is 3.61. The van der Waals surface area contributed by atoms with Gasteiger partial charge in [-0.3, -0.25) is 0 Å². The first-order chi connectivity index (χ1) is 13.7. The third-order valence-corrected chi connectivity index (χ3v) is 5.56. The van der Waals surface area contributed by atoms with Crippen molar-refractivity contribution in [3.05, 3.63) is 64.3 Å². The van der Waals surface area contributed by atoms with Gasteiger partial charge in [0, 0.05) is 30.8 Å². The Labute approximate surface area is 166 Å². The molecule has 28 heavy (non-hydrogen) atoms. The van der Waals surface area contributed by atoms with Crippen LogP contribution in [0.25, 0.3) is 6.08 Å². The van der Waals surface area contributed by atoms with Gasteiger partial charge in [0.25, 0.3) is 0 Å². The van der Waals surface area contributed by atoms with E-state index in [0.717, 1.165) is 12.8 Å². The molecule has 0 spiro atoms. The SMILES string of the molecule is CC1=CC(C(C#N)C#N)C=C(C=C=Cc2cc3c4c(c2)CCCN4CCC3)O1. The highest BCUT2D eigenvalue weighted by atomic mass is 16.5. The molecule has 0 saturated heterocycles. The summed E-state index contributed by atoms with van der Waals surface area (Å²) in [6.45, 7) is 4.20. The lowest BCUT2D eigenvalue weighted by atomic mass is 9.90. The van der Waals surface area contributed by atoms with Crippen LogP contribution in [0.3, 0.4) is 0 Å². The molecule has 0 N–H and O–H groups in total. The largest absolute Gasteiger partial charge is 0.462 e. The van der Waals surface area contributed by atoms with Crippen LogP contribution < -0.4 is 4.90 Å². The van der Waals surface area contributed by atoms with Crippen LogP contribution in [0, 0.1) is 34.5 Å². The average Bonchev–Trinajstić information content (AvgIpc) is 2.69. The van der Waals surface area contributed by atoms with Crippen molar-refractivity contribution in [2.75, 3.05) is 18.0 Å². The highest BCUT2D eigenvalue weighted by Gasteiger charge is 2.24. The van der Waals surface area contributed by atoms with E-state index in [-0.39, 0.29) is 5.92 Å². The minimum absolute atomic E-state index is 0.254. The number of hydrogen-bond acceptors (Lipinski definition) is 4. The summed E-state index contributed by atoms with van der Waals surface area (Å²) in [5, 5.41) is 18.3. The number of anilines is 1. The van der Waals surface area contributed by atoms with Crippen molar-refractivity contribution < 1.29 is 4.74 Å². The van der Waals surface area contributed by atoms with E-state index in [9.17, 15) is 0 Å². The quantitative estimate of drug-likeness (QED) is 0.728. The number of hydrogen-bond donors (Lipinski definition) is 0. The fraction of sp³-hybridized carbons (Fsp3) is 0.375. The van der Waals surface area contributed by atoms with Crippen molar-refractivity contribution in [1.29, 1.82) is 10.5 Å². The molecule has 1 atom stereocenters. The van der Waals surface area contributed by atoms with Crippen LogP contribution >= 0.6 is 0 Å². The zero-order valence-electron chi connectivity index (χ0n) is 16.1. The number of ether oxygens (including phenoxy) is 1.